The van der Waals surface area contributed by atoms with Crippen molar-refractivity contribution in [1.82, 2.24) is 5.32 Å². The van der Waals surface area contributed by atoms with Gasteiger partial charge in [0.05, 0.1) is 0 Å². The minimum Gasteiger partial charge on any atom is -0.487 e. The maximum absolute atomic E-state index is 13.6. The normalized spacial score (nSPS) is 29.1. The fraction of sp³-hybridized carbons (Fsp3) is 0.625. The van der Waals surface area contributed by atoms with Crippen LogP contribution in [0.15, 0.2) is 18.2 Å². The van der Waals surface area contributed by atoms with Crippen molar-refractivity contribution in [2.75, 3.05) is 6.54 Å². The number of rotatable bonds is 6. The second-order valence-corrected chi connectivity index (χ2v) is 5.78. The number of ether oxygens (including phenoxy) is 1. The van der Waals surface area contributed by atoms with Gasteiger partial charge >= 0.3 is 0 Å². The van der Waals surface area contributed by atoms with Crippen molar-refractivity contribution in [3.63, 3.8) is 0 Å². The Bertz CT molecular complexity index is 466. The molecule has 0 bridgehead atoms. The van der Waals surface area contributed by atoms with E-state index >= 15 is 0 Å². The average Bonchev–Trinajstić information content (AvgIpc) is 2.43. The first-order valence-electron chi connectivity index (χ1n) is 7.36. The minimum atomic E-state index is -0.631. The predicted octanol–water partition coefficient (Wildman–Crippen LogP) is 3.90. The standard InChI is InChI=1S/C16H23F2NO/c1-4-8-19-14-10-15(16(14,3)5-2)20-13-7-6-11(17)9-12(13)18/h6-7,9,14-15,19H,4-5,8,10H2,1-3H3. The molecule has 0 radical (unpaired) electrons. The summed E-state index contributed by atoms with van der Waals surface area (Å²) in [6.07, 6.45) is 2.89. The molecule has 2 rings (SSSR count). The summed E-state index contributed by atoms with van der Waals surface area (Å²) in [5.74, 6) is -1.07. The molecule has 2 nitrogen and oxygen atoms in total. The number of hydrogen-bond acceptors (Lipinski definition) is 2. The van der Waals surface area contributed by atoms with Gasteiger partial charge in [-0.3, -0.25) is 0 Å². The molecular formula is C16H23F2NO. The Morgan fingerprint density at radius 3 is 2.70 bits per heavy atom. The van der Waals surface area contributed by atoms with Crippen molar-refractivity contribution < 1.29 is 13.5 Å². The first-order chi connectivity index (χ1) is 9.51. The maximum atomic E-state index is 13.6. The highest BCUT2D eigenvalue weighted by Crippen LogP contribution is 2.46. The summed E-state index contributed by atoms with van der Waals surface area (Å²) >= 11 is 0. The summed E-state index contributed by atoms with van der Waals surface area (Å²) in [4.78, 5) is 0. The van der Waals surface area contributed by atoms with Crippen molar-refractivity contribution >= 4 is 0 Å². The van der Waals surface area contributed by atoms with Crippen LogP contribution in [-0.4, -0.2) is 18.7 Å². The Balaban J connectivity index is 2.03. The molecule has 0 amide bonds. The van der Waals surface area contributed by atoms with E-state index in [1.165, 1.54) is 12.1 Å². The van der Waals surface area contributed by atoms with Gasteiger partial charge in [0.2, 0.25) is 0 Å². The van der Waals surface area contributed by atoms with Crippen molar-refractivity contribution in [2.45, 2.75) is 52.2 Å². The summed E-state index contributed by atoms with van der Waals surface area (Å²) in [5, 5.41) is 3.52. The lowest BCUT2D eigenvalue weighted by Crippen LogP contribution is -2.63. The van der Waals surface area contributed by atoms with Crippen LogP contribution in [0.5, 0.6) is 5.75 Å². The topological polar surface area (TPSA) is 21.3 Å². The second-order valence-electron chi connectivity index (χ2n) is 5.78. The van der Waals surface area contributed by atoms with Gasteiger partial charge in [-0.15, -0.1) is 0 Å². The summed E-state index contributed by atoms with van der Waals surface area (Å²) in [6, 6.07) is 3.87. The molecule has 0 aromatic heterocycles. The second kappa shape index (κ2) is 6.08. The Labute approximate surface area is 119 Å². The molecule has 3 unspecified atom stereocenters. The van der Waals surface area contributed by atoms with Gasteiger partial charge in [-0.2, -0.15) is 0 Å². The molecular weight excluding hydrogens is 260 g/mol. The van der Waals surface area contributed by atoms with E-state index < -0.39 is 11.6 Å². The zero-order valence-corrected chi connectivity index (χ0v) is 12.4. The van der Waals surface area contributed by atoms with Gasteiger partial charge in [0.15, 0.2) is 11.6 Å². The lowest BCUT2D eigenvalue weighted by molar-refractivity contribution is -0.0716. The van der Waals surface area contributed by atoms with Gasteiger partial charge in [-0.05, 0) is 31.5 Å². The van der Waals surface area contributed by atoms with Crippen LogP contribution in [0, 0.1) is 17.0 Å². The molecule has 3 atom stereocenters. The van der Waals surface area contributed by atoms with Crippen LogP contribution >= 0.6 is 0 Å². The highest BCUT2D eigenvalue weighted by Gasteiger charge is 2.51. The third-order valence-electron chi connectivity index (χ3n) is 4.55. The highest BCUT2D eigenvalue weighted by atomic mass is 19.1. The molecule has 0 heterocycles. The Morgan fingerprint density at radius 1 is 1.35 bits per heavy atom. The van der Waals surface area contributed by atoms with Crippen LogP contribution in [0.3, 0.4) is 0 Å². The van der Waals surface area contributed by atoms with Crippen LogP contribution in [0.2, 0.25) is 0 Å². The van der Waals surface area contributed by atoms with E-state index in [4.69, 9.17) is 4.74 Å². The van der Waals surface area contributed by atoms with Gasteiger partial charge < -0.3 is 10.1 Å². The summed E-state index contributed by atoms with van der Waals surface area (Å²) < 4.78 is 32.3. The number of nitrogens with one attached hydrogen (secondary N) is 1. The van der Waals surface area contributed by atoms with Crippen LogP contribution in [-0.2, 0) is 0 Å². The molecule has 4 heteroatoms. The van der Waals surface area contributed by atoms with E-state index in [0.29, 0.717) is 6.04 Å². The van der Waals surface area contributed by atoms with E-state index in [2.05, 4.69) is 26.1 Å². The largest absolute Gasteiger partial charge is 0.487 e. The molecule has 1 aliphatic carbocycles. The lowest BCUT2D eigenvalue weighted by atomic mass is 9.61. The number of benzene rings is 1. The maximum Gasteiger partial charge on any atom is 0.167 e. The number of halogens is 2. The Hall–Kier alpha value is -1.16. The summed E-state index contributed by atoms with van der Waals surface area (Å²) in [7, 11) is 0. The molecule has 112 valence electrons. The molecule has 1 aromatic rings. The first-order valence-corrected chi connectivity index (χ1v) is 7.36. The van der Waals surface area contributed by atoms with Gasteiger partial charge in [0, 0.05) is 23.9 Å². The molecule has 1 aliphatic rings. The molecule has 0 spiro atoms. The fourth-order valence-electron chi connectivity index (χ4n) is 2.83. The van der Waals surface area contributed by atoms with Crippen molar-refractivity contribution in [3.8, 4) is 5.75 Å². The molecule has 1 N–H and O–H groups in total. The van der Waals surface area contributed by atoms with Gasteiger partial charge in [-0.1, -0.05) is 20.8 Å². The quantitative estimate of drug-likeness (QED) is 0.855. The first kappa shape index (κ1) is 15.2. The van der Waals surface area contributed by atoms with E-state index in [-0.39, 0.29) is 17.3 Å². The summed E-state index contributed by atoms with van der Waals surface area (Å²) in [5.41, 5.74) is -0.00397. The highest BCUT2D eigenvalue weighted by molar-refractivity contribution is 5.26. The van der Waals surface area contributed by atoms with E-state index in [1.54, 1.807) is 0 Å². The average molecular weight is 283 g/mol. The molecule has 1 fully saturated rings. The summed E-state index contributed by atoms with van der Waals surface area (Å²) in [6.45, 7) is 7.40. The third-order valence-corrected chi connectivity index (χ3v) is 4.55. The SMILES string of the molecule is CCCNC1CC(Oc2ccc(F)cc2F)C1(C)CC. The van der Waals surface area contributed by atoms with E-state index in [9.17, 15) is 8.78 Å². The molecule has 0 aliphatic heterocycles. The van der Waals surface area contributed by atoms with Crippen LogP contribution in [0.1, 0.15) is 40.0 Å². The third kappa shape index (κ3) is 2.80. The zero-order chi connectivity index (χ0) is 14.8. The van der Waals surface area contributed by atoms with Gasteiger partial charge in [0.25, 0.3) is 0 Å². The fourth-order valence-corrected chi connectivity index (χ4v) is 2.83. The van der Waals surface area contributed by atoms with Crippen LogP contribution in [0.4, 0.5) is 8.78 Å². The molecule has 0 saturated heterocycles. The van der Waals surface area contributed by atoms with Crippen LogP contribution < -0.4 is 10.1 Å². The zero-order valence-electron chi connectivity index (χ0n) is 12.4. The van der Waals surface area contributed by atoms with Gasteiger partial charge in [0.1, 0.15) is 11.9 Å². The molecule has 20 heavy (non-hydrogen) atoms. The predicted molar refractivity (Wildman–Crippen MR) is 75.9 cm³/mol. The molecule has 1 saturated carbocycles. The molecule has 1 aromatic carbocycles. The Morgan fingerprint density at radius 2 is 2.10 bits per heavy atom. The van der Waals surface area contributed by atoms with Crippen molar-refractivity contribution in [1.29, 1.82) is 0 Å². The van der Waals surface area contributed by atoms with Crippen molar-refractivity contribution in [3.05, 3.63) is 29.8 Å². The van der Waals surface area contributed by atoms with E-state index in [0.717, 1.165) is 31.9 Å². The van der Waals surface area contributed by atoms with Crippen molar-refractivity contribution in [2.24, 2.45) is 5.41 Å². The smallest absolute Gasteiger partial charge is 0.167 e. The lowest BCUT2D eigenvalue weighted by Gasteiger charge is -2.53. The monoisotopic (exact) mass is 283 g/mol. The Kier molecular flexibility index (Phi) is 4.63. The van der Waals surface area contributed by atoms with E-state index in [1.807, 2.05) is 0 Å². The number of hydrogen-bond donors (Lipinski definition) is 1. The van der Waals surface area contributed by atoms with Gasteiger partial charge in [-0.25, -0.2) is 8.78 Å². The minimum absolute atomic E-state index is 0.00397. The van der Waals surface area contributed by atoms with Crippen LogP contribution in [0.25, 0.3) is 0 Å².